The molecule has 0 saturated heterocycles. The van der Waals surface area contributed by atoms with E-state index in [9.17, 15) is 0 Å². The molecule has 310 valence electrons. The SMILES string of the molecule is Cc1ccc(-c2nc(-c3ccc(C)cc3)nc(-c3ccc(-c4ccc5oc6ccc(-c7ccc(-c8nc(-c9ccc(C)cc9)nc(-c9ccc(C)cc9)n8)cc7)cc6c5c4)cc3)n2)cc1. The van der Waals surface area contributed by atoms with Crippen LogP contribution in [0.2, 0.25) is 0 Å². The summed E-state index contributed by atoms with van der Waals surface area (Å²) in [6.45, 7) is 8.32. The summed E-state index contributed by atoms with van der Waals surface area (Å²) in [6, 6.07) is 62.8. The molecule has 65 heavy (non-hydrogen) atoms. The van der Waals surface area contributed by atoms with E-state index in [0.29, 0.717) is 34.9 Å². The summed E-state index contributed by atoms with van der Waals surface area (Å²) in [7, 11) is 0. The highest BCUT2D eigenvalue weighted by molar-refractivity contribution is 6.07. The molecule has 8 aromatic carbocycles. The van der Waals surface area contributed by atoms with Crippen molar-refractivity contribution in [2.75, 3.05) is 0 Å². The zero-order chi connectivity index (χ0) is 44.0. The number of nitrogens with zero attached hydrogens (tertiary/aromatic N) is 6. The number of furan rings is 1. The summed E-state index contributed by atoms with van der Waals surface area (Å²) >= 11 is 0. The van der Waals surface area contributed by atoms with E-state index < -0.39 is 0 Å². The molecule has 0 fully saturated rings. The van der Waals surface area contributed by atoms with Gasteiger partial charge in [0.25, 0.3) is 0 Å². The number of benzene rings is 8. The van der Waals surface area contributed by atoms with Crippen LogP contribution in [0.25, 0.3) is 113 Å². The molecule has 11 aromatic rings. The van der Waals surface area contributed by atoms with E-state index in [1.54, 1.807) is 0 Å². The smallest absolute Gasteiger partial charge is 0.164 e. The van der Waals surface area contributed by atoms with E-state index in [-0.39, 0.29) is 0 Å². The second-order valence-corrected chi connectivity index (χ2v) is 16.8. The maximum atomic E-state index is 6.36. The lowest BCUT2D eigenvalue weighted by molar-refractivity contribution is 0.669. The Labute approximate surface area is 377 Å². The van der Waals surface area contributed by atoms with Crippen LogP contribution in [0.3, 0.4) is 0 Å². The van der Waals surface area contributed by atoms with Crippen molar-refractivity contribution in [3.8, 4) is 90.6 Å². The van der Waals surface area contributed by atoms with Gasteiger partial charge in [0.05, 0.1) is 0 Å². The first kappa shape index (κ1) is 39.4. The van der Waals surface area contributed by atoms with E-state index in [4.69, 9.17) is 34.3 Å². The van der Waals surface area contributed by atoms with Gasteiger partial charge in [-0.2, -0.15) is 0 Å². The van der Waals surface area contributed by atoms with Gasteiger partial charge >= 0.3 is 0 Å². The summed E-state index contributed by atoms with van der Waals surface area (Å²) in [6.07, 6.45) is 0. The van der Waals surface area contributed by atoms with Crippen molar-refractivity contribution in [2.24, 2.45) is 0 Å². The zero-order valence-corrected chi connectivity index (χ0v) is 36.4. The third-order valence-electron chi connectivity index (χ3n) is 11.9. The van der Waals surface area contributed by atoms with Gasteiger partial charge in [-0.1, -0.05) is 180 Å². The van der Waals surface area contributed by atoms with Crippen LogP contribution in [-0.4, -0.2) is 29.9 Å². The Morgan fingerprint density at radius 2 is 0.431 bits per heavy atom. The standard InChI is InChI=1S/C58H42N6O/c1-35-5-13-41(14-6-35)53-59-54(42-15-7-36(2)8-16-42)62-57(61-53)45-25-21-39(22-26-45)47-29-31-51-49(33-47)50-34-48(30-32-52(50)65-51)40-23-27-46(28-24-40)58-63-55(43-17-9-37(3)10-18-43)60-56(64-58)44-19-11-38(4)12-20-44/h5-34H,1-4H3. The van der Waals surface area contributed by atoms with Crippen LogP contribution in [0.5, 0.6) is 0 Å². The van der Waals surface area contributed by atoms with Crippen molar-refractivity contribution in [3.63, 3.8) is 0 Å². The third-order valence-corrected chi connectivity index (χ3v) is 11.9. The molecule has 0 spiro atoms. The van der Waals surface area contributed by atoms with E-state index in [2.05, 4.69) is 210 Å². The lowest BCUT2D eigenvalue weighted by Crippen LogP contribution is -2.00. The number of aromatic nitrogens is 6. The molecule has 0 amide bonds. The Bertz CT molecular complexity index is 3160. The summed E-state index contributed by atoms with van der Waals surface area (Å²) in [5.41, 5.74) is 16.4. The highest BCUT2D eigenvalue weighted by atomic mass is 16.3. The number of fused-ring (bicyclic) bond motifs is 3. The van der Waals surface area contributed by atoms with Crippen LogP contribution in [0.4, 0.5) is 0 Å². The molecule has 0 aliphatic carbocycles. The lowest BCUT2D eigenvalue weighted by atomic mass is 9.99. The lowest BCUT2D eigenvalue weighted by Gasteiger charge is -2.10. The van der Waals surface area contributed by atoms with Gasteiger partial charge in [-0.05, 0) is 74.2 Å². The molecule has 0 radical (unpaired) electrons. The Hall–Kier alpha value is -8.42. The summed E-state index contributed by atoms with van der Waals surface area (Å²) in [5, 5.41) is 2.11. The van der Waals surface area contributed by atoms with Gasteiger partial charge in [-0.15, -0.1) is 0 Å². The number of aryl methyl sites for hydroxylation is 4. The first-order valence-corrected chi connectivity index (χ1v) is 21.7. The first-order chi connectivity index (χ1) is 31.8. The molecule has 0 saturated carbocycles. The van der Waals surface area contributed by atoms with Crippen molar-refractivity contribution in [3.05, 3.63) is 204 Å². The molecule has 3 heterocycles. The first-order valence-electron chi connectivity index (χ1n) is 21.7. The molecule has 0 bridgehead atoms. The van der Waals surface area contributed by atoms with Crippen molar-refractivity contribution < 1.29 is 4.42 Å². The van der Waals surface area contributed by atoms with Crippen LogP contribution in [0, 0.1) is 27.7 Å². The van der Waals surface area contributed by atoms with E-state index in [1.807, 2.05) is 0 Å². The summed E-state index contributed by atoms with van der Waals surface area (Å²) in [4.78, 5) is 29.7. The van der Waals surface area contributed by atoms with Crippen LogP contribution >= 0.6 is 0 Å². The van der Waals surface area contributed by atoms with E-state index >= 15 is 0 Å². The molecule has 11 rings (SSSR count). The molecule has 0 atom stereocenters. The molecule has 3 aromatic heterocycles. The predicted octanol–water partition coefficient (Wildman–Crippen LogP) is 14.5. The minimum Gasteiger partial charge on any atom is -0.456 e. The molecule has 0 unspecified atom stereocenters. The molecule has 7 heteroatoms. The second-order valence-electron chi connectivity index (χ2n) is 16.8. The minimum absolute atomic E-state index is 0.627. The quantitative estimate of drug-likeness (QED) is 0.150. The number of hydrogen-bond acceptors (Lipinski definition) is 7. The molecule has 0 aliphatic rings. The Kier molecular flexibility index (Phi) is 9.93. The average molecular weight is 839 g/mol. The van der Waals surface area contributed by atoms with Crippen molar-refractivity contribution >= 4 is 21.9 Å². The van der Waals surface area contributed by atoms with Crippen LogP contribution in [0.1, 0.15) is 22.3 Å². The van der Waals surface area contributed by atoms with Crippen LogP contribution < -0.4 is 0 Å². The highest BCUT2D eigenvalue weighted by Gasteiger charge is 2.16. The average Bonchev–Trinajstić information content (AvgIpc) is 3.72. The molecule has 7 nitrogen and oxygen atoms in total. The van der Waals surface area contributed by atoms with Gasteiger partial charge in [-0.25, -0.2) is 29.9 Å². The second kappa shape index (κ2) is 16.4. The van der Waals surface area contributed by atoms with Gasteiger partial charge in [0.1, 0.15) is 11.2 Å². The monoisotopic (exact) mass is 838 g/mol. The van der Waals surface area contributed by atoms with Crippen molar-refractivity contribution in [1.82, 2.24) is 29.9 Å². The van der Waals surface area contributed by atoms with Gasteiger partial charge in [-0.3, -0.25) is 0 Å². The normalized spacial score (nSPS) is 11.4. The Balaban J connectivity index is 0.901. The Morgan fingerprint density at radius 1 is 0.231 bits per heavy atom. The topological polar surface area (TPSA) is 90.5 Å². The van der Waals surface area contributed by atoms with Crippen LogP contribution in [0.15, 0.2) is 186 Å². The molecular weight excluding hydrogens is 797 g/mol. The third kappa shape index (κ3) is 7.96. The van der Waals surface area contributed by atoms with Gasteiger partial charge in [0.2, 0.25) is 0 Å². The summed E-state index contributed by atoms with van der Waals surface area (Å²) < 4.78 is 6.36. The number of hydrogen-bond donors (Lipinski definition) is 0. The highest BCUT2D eigenvalue weighted by Crippen LogP contribution is 2.36. The minimum atomic E-state index is 0.627. The maximum Gasteiger partial charge on any atom is 0.164 e. The van der Waals surface area contributed by atoms with E-state index in [0.717, 1.165) is 77.6 Å². The fourth-order valence-corrected chi connectivity index (χ4v) is 8.10. The largest absolute Gasteiger partial charge is 0.456 e. The maximum absolute atomic E-state index is 6.36. The fraction of sp³-hybridized carbons (Fsp3) is 0.0690. The predicted molar refractivity (Wildman–Crippen MR) is 263 cm³/mol. The van der Waals surface area contributed by atoms with Gasteiger partial charge in [0, 0.05) is 44.2 Å². The van der Waals surface area contributed by atoms with Crippen molar-refractivity contribution in [1.29, 1.82) is 0 Å². The Morgan fingerprint density at radius 3 is 0.677 bits per heavy atom. The van der Waals surface area contributed by atoms with Gasteiger partial charge < -0.3 is 4.42 Å². The molecular formula is C58H42N6O. The number of rotatable bonds is 8. The van der Waals surface area contributed by atoms with Crippen molar-refractivity contribution in [2.45, 2.75) is 27.7 Å². The van der Waals surface area contributed by atoms with Gasteiger partial charge in [0.15, 0.2) is 34.9 Å². The van der Waals surface area contributed by atoms with E-state index in [1.165, 1.54) is 22.3 Å². The fourth-order valence-electron chi connectivity index (χ4n) is 8.10. The molecule has 0 N–H and O–H groups in total. The summed E-state index contributed by atoms with van der Waals surface area (Å²) in [5.74, 6) is 3.83. The zero-order valence-electron chi connectivity index (χ0n) is 36.4. The molecule has 0 aliphatic heterocycles. The van der Waals surface area contributed by atoms with Crippen LogP contribution in [-0.2, 0) is 0 Å².